The average Bonchev–Trinajstić information content (AvgIpc) is 2.79. The molecule has 166 valence electrons. The zero-order valence-corrected chi connectivity index (χ0v) is 19.0. The van der Waals surface area contributed by atoms with Crippen molar-refractivity contribution in [2.75, 3.05) is 6.61 Å². The highest BCUT2D eigenvalue weighted by molar-refractivity contribution is 5.85. The standard InChI is InChI=1S/C28H31NO3/c1-20(2)18-22-14-16-23(17-15-22)21(3)29-26(30)19-32-28(31)27(24-10-6-4-7-11-24)25-12-8-5-9-13-25/h4-17,20-21,27H,18-19H2,1-3H3,(H,29,30)/t21-/m1/s1. The van der Waals surface area contributed by atoms with Gasteiger partial charge >= 0.3 is 5.97 Å². The van der Waals surface area contributed by atoms with Crippen LogP contribution in [-0.2, 0) is 20.7 Å². The number of hydrogen-bond donors (Lipinski definition) is 1. The number of benzene rings is 3. The lowest BCUT2D eigenvalue weighted by Gasteiger charge is -2.18. The van der Waals surface area contributed by atoms with Gasteiger partial charge in [-0.1, -0.05) is 98.8 Å². The second kappa shape index (κ2) is 11.3. The van der Waals surface area contributed by atoms with Crippen LogP contribution >= 0.6 is 0 Å². The third kappa shape index (κ3) is 6.55. The molecule has 3 aromatic carbocycles. The Hall–Kier alpha value is -3.40. The number of amides is 1. The first-order chi connectivity index (χ1) is 15.4. The lowest BCUT2D eigenvalue weighted by Crippen LogP contribution is -2.32. The molecule has 32 heavy (non-hydrogen) atoms. The van der Waals surface area contributed by atoms with Gasteiger partial charge in [-0.05, 0) is 41.5 Å². The van der Waals surface area contributed by atoms with Crippen molar-refractivity contribution in [2.24, 2.45) is 5.92 Å². The second-order valence-corrected chi connectivity index (χ2v) is 8.49. The van der Waals surface area contributed by atoms with Crippen LogP contribution in [0.5, 0.6) is 0 Å². The van der Waals surface area contributed by atoms with E-state index in [-0.39, 0.29) is 18.6 Å². The average molecular weight is 430 g/mol. The highest BCUT2D eigenvalue weighted by Gasteiger charge is 2.25. The lowest BCUT2D eigenvalue weighted by atomic mass is 9.91. The van der Waals surface area contributed by atoms with Gasteiger partial charge in [-0.25, -0.2) is 0 Å². The summed E-state index contributed by atoms with van der Waals surface area (Å²) in [6, 6.07) is 27.0. The molecule has 0 aliphatic heterocycles. The first-order valence-corrected chi connectivity index (χ1v) is 11.1. The Labute approximate surface area is 190 Å². The molecule has 3 aromatic rings. The lowest BCUT2D eigenvalue weighted by molar-refractivity contribution is -0.149. The fourth-order valence-corrected chi connectivity index (χ4v) is 3.76. The Kier molecular flexibility index (Phi) is 8.20. The van der Waals surface area contributed by atoms with Crippen molar-refractivity contribution in [3.05, 3.63) is 107 Å². The zero-order valence-electron chi connectivity index (χ0n) is 19.0. The molecule has 1 N–H and O–H groups in total. The Bertz CT molecular complexity index is 958. The monoisotopic (exact) mass is 429 g/mol. The fourth-order valence-electron chi connectivity index (χ4n) is 3.76. The van der Waals surface area contributed by atoms with Gasteiger partial charge in [0.2, 0.25) is 0 Å². The van der Waals surface area contributed by atoms with Crippen molar-refractivity contribution < 1.29 is 14.3 Å². The maximum absolute atomic E-state index is 12.9. The highest BCUT2D eigenvalue weighted by atomic mass is 16.5. The molecule has 0 spiro atoms. The first kappa shape index (κ1) is 23.3. The summed E-state index contributed by atoms with van der Waals surface area (Å²) in [5.74, 6) is -0.736. The molecule has 0 radical (unpaired) electrons. The van der Waals surface area contributed by atoms with Crippen LogP contribution in [-0.4, -0.2) is 18.5 Å². The number of ether oxygens (including phenoxy) is 1. The minimum Gasteiger partial charge on any atom is -0.455 e. The molecule has 0 aliphatic carbocycles. The summed E-state index contributed by atoms with van der Waals surface area (Å²) < 4.78 is 5.42. The molecule has 0 saturated heterocycles. The van der Waals surface area contributed by atoms with Crippen LogP contribution in [0.15, 0.2) is 84.9 Å². The number of carbonyl (C=O) groups is 2. The molecule has 1 amide bonds. The molecular weight excluding hydrogens is 398 g/mol. The van der Waals surface area contributed by atoms with Gasteiger partial charge in [-0.2, -0.15) is 0 Å². The Morgan fingerprint density at radius 2 is 1.28 bits per heavy atom. The Morgan fingerprint density at radius 3 is 1.78 bits per heavy atom. The largest absolute Gasteiger partial charge is 0.455 e. The molecule has 4 heteroatoms. The van der Waals surface area contributed by atoms with E-state index in [0.717, 1.165) is 23.1 Å². The maximum Gasteiger partial charge on any atom is 0.318 e. The number of hydrogen-bond acceptors (Lipinski definition) is 3. The molecule has 0 heterocycles. The van der Waals surface area contributed by atoms with Crippen LogP contribution in [0.2, 0.25) is 0 Å². The van der Waals surface area contributed by atoms with Gasteiger partial charge in [0, 0.05) is 0 Å². The van der Waals surface area contributed by atoms with Crippen molar-refractivity contribution in [3.63, 3.8) is 0 Å². The molecule has 0 saturated carbocycles. The van der Waals surface area contributed by atoms with Crippen molar-refractivity contribution in [1.29, 1.82) is 0 Å². The van der Waals surface area contributed by atoms with Crippen LogP contribution in [0.4, 0.5) is 0 Å². The minimum absolute atomic E-state index is 0.173. The van der Waals surface area contributed by atoms with Crippen molar-refractivity contribution in [3.8, 4) is 0 Å². The zero-order chi connectivity index (χ0) is 22.9. The topological polar surface area (TPSA) is 55.4 Å². The van der Waals surface area contributed by atoms with Crippen LogP contribution < -0.4 is 5.32 Å². The number of esters is 1. The first-order valence-electron chi connectivity index (χ1n) is 11.1. The van der Waals surface area contributed by atoms with E-state index in [4.69, 9.17) is 4.74 Å². The van der Waals surface area contributed by atoms with Crippen LogP contribution in [0, 0.1) is 5.92 Å². The molecule has 4 nitrogen and oxygen atoms in total. The Balaban J connectivity index is 1.59. The molecule has 0 aromatic heterocycles. The van der Waals surface area contributed by atoms with Crippen LogP contribution in [0.1, 0.15) is 55.0 Å². The minimum atomic E-state index is -0.573. The van der Waals surface area contributed by atoms with Gasteiger partial charge in [-0.15, -0.1) is 0 Å². The van der Waals surface area contributed by atoms with Crippen molar-refractivity contribution >= 4 is 11.9 Å². The van der Waals surface area contributed by atoms with Gasteiger partial charge in [0.15, 0.2) is 6.61 Å². The van der Waals surface area contributed by atoms with Gasteiger partial charge in [0.05, 0.1) is 6.04 Å². The van der Waals surface area contributed by atoms with E-state index < -0.39 is 11.9 Å². The van der Waals surface area contributed by atoms with Gasteiger partial charge in [-0.3, -0.25) is 9.59 Å². The normalized spacial score (nSPS) is 11.9. The fraction of sp³-hybridized carbons (Fsp3) is 0.286. The van der Waals surface area contributed by atoms with E-state index >= 15 is 0 Å². The second-order valence-electron chi connectivity index (χ2n) is 8.49. The summed E-state index contributed by atoms with van der Waals surface area (Å²) in [5, 5.41) is 2.91. The van der Waals surface area contributed by atoms with Gasteiger partial charge in [0.25, 0.3) is 5.91 Å². The van der Waals surface area contributed by atoms with Gasteiger partial charge < -0.3 is 10.1 Å². The predicted octanol–water partition coefficient (Wildman–Crippen LogP) is 5.44. The SMILES string of the molecule is CC(C)Cc1ccc([C@@H](C)NC(=O)COC(=O)C(c2ccccc2)c2ccccc2)cc1. The van der Waals surface area contributed by atoms with Crippen LogP contribution in [0.3, 0.4) is 0 Å². The van der Waals surface area contributed by atoms with E-state index in [0.29, 0.717) is 5.92 Å². The van der Waals surface area contributed by atoms with E-state index in [2.05, 4.69) is 31.3 Å². The van der Waals surface area contributed by atoms with E-state index in [1.165, 1.54) is 5.56 Å². The number of nitrogens with one attached hydrogen (secondary N) is 1. The van der Waals surface area contributed by atoms with Crippen molar-refractivity contribution in [1.82, 2.24) is 5.32 Å². The number of rotatable bonds is 9. The molecule has 0 fully saturated rings. The van der Waals surface area contributed by atoms with E-state index in [1.807, 2.05) is 79.7 Å². The molecule has 0 unspecified atom stereocenters. The summed E-state index contributed by atoms with van der Waals surface area (Å²) in [7, 11) is 0. The van der Waals surface area contributed by atoms with Crippen LogP contribution in [0.25, 0.3) is 0 Å². The summed E-state index contributed by atoms with van der Waals surface area (Å²) in [6.45, 7) is 6.00. The molecule has 1 atom stereocenters. The smallest absolute Gasteiger partial charge is 0.318 e. The summed E-state index contributed by atoms with van der Waals surface area (Å²) >= 11 is 0. The summed E-state index contributed by atoms with van der Waals surface area (Å²) in [6.07, 6.45) is 1.03. The highest BCUT2D eigenvalue weighted by Crippen LogP contribution is 2.26. The van der Waals surface area contributed by atoms with E-state index in [1.54, 1.807) is 0 Å². The van der Waals surface area contributed by atoms with E-state index in [9.17, 15) is 9.59 Å². The molecule has 0 aliphatic rings. The maximum atomic E-state index is 12.9. The number of carbonyl (C=O) groups excluding carboxylic acids is 2. The summed E-state index contributed by atoms with van der Waals surface area (Å²) in [4.78, 5) is 25.4. The van der Waals surface area contributed by atoms with Crippen molar-refractivity contribution in [2.45, 2.75) is 39.2 Å². The van der Waals surface area contributed by atoms with Gasteiger partial charge in [0.1, 0.15) is 5.92 Å². The quantitative estimate of drug-likeness (QED) is 0.461. The third-order valence-electron chi connectivity index (χ3n) is 5.35. The third-order valence-corrected chi connectivity index (χ3v) is 5.35. The molecule has 0 bridgehead atoms. The molecule has 3 rings (SSSR count). The Morgan fingerprint density at radius 1 is 0.750 bits per heavy atom. The molecular formula is C28H31NO3. The predicted molar refractivity (Wildman–Crippen MR) is 127 cm³/mol. The summed E-state index contributed by atoms with van der Waals surface area (Å²) in [5.41, 5.74) is 3.96.